The van der Waals surface area contributed by atoms with Crippen molar-refractivity contribution < 1.29 is 18.9 Å². The van der Waals surface area contributed by atoms with Gasteiger partial charge in [-0.05, 0) is 221 Å². The molecule has 0 spiro atoms. The summed E-state index contributed by atoms with van der Waals surface area (Å²) >= 11 is 0. The third-order valence-corrected chi connectivity index (χ3v) is 28.0. The van der Waals surface area contributed by atoms with E-state index < -0.39 is 0 Å². The van der Waals surface area contributed by atoms with Crippen molar-refractivity contribution in [2.75, 3.05) is 26.4 Å². The normalized spacial score (nSPS) is 15.2. The number of rotatable bonds is 60. The van der Waals surface area contributed by atoms with Crippen LogP contribution in [0.25, 0.3) is 76.5 Å². The van der Waals surface area contributed by atoms with Gasteiger partial charge in [0.2, 0.25) is 0 Å². The van der Waals surface area contributed by atoms with Gasteiger partial charge >= 0.3 is 0 Å². The number of hydrogen-bond donors (Lipinski definition) is 0. The molecule has 8 atom stereocenters. The van der Waals surface area contributed by atoms with Crippen molar-refractivity contribution in [2.24, 2.45) is 71.0 Å². The van der Waals surface area contributed by atoms with E-state index in [-0.39, 0.29) is 10.8 Å². The molecule has 8 heteroatoms. The largest absolute Gasteiger partial charge is 0.486 e. The molecule has 124 heavy (non-hydrogen) atoms. The van der Waals surface area contributed by atoms with Crippen molar-refractivity contribution in [3.8, 4) is 23.0 Å². The fourth-order valence-electron chi connectivity index (χ4n) is 19.1. The molecule has 2 aromatic heterocycles. The van der Waals surface area contributed by atoms with E-state index in [0.29, 0.717) is 49.4 Å². The average molecular weight is 1700 g/mol. The molecule has 0 radical (unpaired) electrons. The number of allylic oxidation sites excluding steroid dienone is 4. The van der Waals surface area contributed by atoms with Crippen molar-refractivity contribution in [3.63, 3.8) is 0 Å². The Hall–Kier alpha value is -6.28. The van der Waals surface area contributed by atoms with Crippen molar-refractivity contribution in [3.05, 3.63) is 106 Å². The summed E-state index contributed by atoms with van der Waals surface area (Å²) in [5.74, 6) is 12.2. The molecule has 8 nitrogen and oxygen atoms in total. The molecule has 8 aromatic rings. The summed E-state index contributed by atoms with van der Waals surface area (Å²) in [6, 6.07) is 18.0. The first-order chi connectivity index (χ1) is 59.0. The Morgan fingerprint density at radius 2 is 0.419 bits per heavy atom. The van der Waals surface area contributed by atoms with Crippen LogP contribution < -0.4 is 18.9 Å². The molecule has 0 aliphatic carbocycles. The maximum atomic E-state index is 6.93. The van der Waals surface area contributed by atoms with Gasteiger partial charge in [0.15, 0.2) is 23.0 Å². The van der Waals surface area contributed by atoms with Crippen LogP contribution in [0.5, 0.6) is 23.0 Å². The van der Waals surface area contributed by atoms with Crippen LogP contribution >= 0.6 is 0 Å². The number of nitrogens with zero attached hydrogens (tertiary/aromatic N) is 4. The van der Waals surface area contributed by atoms with Crippen LogP contribution in [0.1, 0.15) is 422 Å². The van der Waals surface area contributed by atoms with E-state index in [1.54, 1.807) is 0 Å². The number of hydrogen-bond acceptors (Lipinski definition) is 8. The second kappa shape index (κ2) is 51.8. The van der Waals surface area contributed by atoms with E-state index in [1.165, 1.54) is 239 Å². The molecule has 0 aliphatic heterocycles. The van der Waals surface area contributed by atoms with Gasteiger partial charge in [0.05, 0.1) is 44.1 Å². The smallest absolute Gasteiger partial charge is 0.163 e. The predicted molar refractivity (Wildman–Crippen MR) is 545 cm³/mol. The van der Waals surface area contributed by atoms with Gasteiger partial charge in [-0.2, -0.15) is 0 Å². The Balaban J connectivity index is 1.14. The summed E-state index contributed by atoms with van der Waals surface area (Å²) in [6.45, 7) is 63.3. The molecule has 0 saturated heterocycles. The van der Waals surface area contributed by atoms with E-state index in [1.807, 2.05) is 0 Å². The highest BCUT2D eigenvalue weighted by Gasteiger charge is 2.29. The maximum absolute atomic E-state index is 6.93. The lowest BCUT2D eigenvalue weighted by molar-refractivity contribution is 0.307. The zero-order valence-corrected chi connectivity index (χ0v) is 84.6. The summed E-state index contributed by atoms with van der Waals surface area (Å²) < 4.78 is 27.7. The minimum atomic E-state index is -0.228. The van der Waals surface area contributed by atoms with Crippen molar-refractivity contribution in [1.29, 1.82) is 0 Å². The Labute approximate surface area is 759 Å². The summed E-state index contributed by atoms with van der Waals surface area (Å²) in [5.41, 5.74) is 13.9. The van der Waals surface area contributed by atoms with Gasteiger partial charge in [0.1, 0.15) is 26.4 Å². The van der Waals surface area contributed by atoms with Crippen LogP contribution in [-0.2, 0) is 10.8 Å². The van der Waals surface area contributed by atoms with Gasteiger partial charge in [-0.1, -0.05) is 354 Å². The first-order valence-electron chi connectivity index (χ1n) is 51.2. The lowest BCUT2D eigenvalue weighted by atomic mass is 9.80. The van der Waals surface area contributed by atoms with Gasteiger partial charge < -0.3 is 18.9 Å². The van der Waals surface area contributed by atoms with Crippen molar-refractivity contribution >= 4 is 76.5 Å². The third kappa shape index (κ3) is 34.6. The third-order valence-electron chi connectivity index (χ3n) is 28.0. The van der Waals surface area contributed by atoms with Gasteiger partial charge in [0.25, 0.3) is 0 Å². The zero-order valence-electron chi connectivity index (χ0n) is 84.6. The summed E-state index contributed by atoms with van der Waals surface area (Å²) in [5, 5.41) is 6.50. The average Bonchev–Trinajstić information content (AvgIpc) is 0.688. The molecule has 6 aromatic carbocycles. The molecule has 2 heterocycles. The fraction of sp³-hybridized carbons (Fsp3) is 0.690. The summed E-state index contributed by atoms with van der Waals surface area (Å²) in [6.07, 6.45) is 55.6. The second-order valence-corrected chi connectivity index (χ2v) is 44.7. The molecule has 0 saturated carbocycles. The number of ether oxygens (including phenoxy) is 4. The molecule has 690 valence electrons. The zero-order chi connectivity index (χ0) is 90.2. The number of fused-ring (bicyclic) bond motifs is 8. The first-order valence-corrected chi connectivity index (χ1v) is 51.2. The molecule has 0 N–H and O–H groups in total. The first kappa shape index (κ1) is 103. The number of aromatic nitrogens is 4. The highest BCUT2D eigenvalue weighted by molar-refractivity contribution is 6.39. The summed E-state index contributed by atoms with van der Waals surface area (Å²) in [4.78, 5) is 23.3. The molecular formula is C116H182N4O4. The predicted octanol–water partition coefficient (Wildman–Crippen LogP) is 36.4. The molecule has 0 bridgehead atoms. The molecule has 0 amide bonds. The fourth-order valence-corrected chi connectivity index (χ4v) is 19.1. The van der Waals surface area contributed by atoms with Gasteiger partial charge in [0, 0.05) is 56.6 Å². The topological polar surface area (TPSA) is 88.5 Å². The van der Waals surface area contributed by atoms with E-state index >= 15 is 0 Å². The van der Waals surface area contributed by atoms with Crippen LogP contribution in [0.3, 0.4) is 0 Å². The van der Waals surface area contributed by atoms with Gasteiger partial charge in [-0.15, -0.1) is 0 Å². The molecule has 8 rings (SSSR count). The van der Waals surface area contributed by atoms with Crippen LogP contribution in [0.4, 0.5) is 0 Å². The minimum absolute atomic E-state index is 0.228. The van der Waals surface area contributed by atoms with Crippen LogP contribution in [-0.4, -0.2) is 46.4 Å². The SMILES string of the molecule is C/C(=C\COc1cc2nc3c4cc(C(C)(C)C)cc5c6nc7cc(OC/C=C(\C)CCC[C@H](C)CCC[C@H](C)CCCC(C)C)c(OC/C=C(\C)CCC[C@H](C)CCC[C@H](C)CCCC(C)C)cc7nc6c6cc(C(C)(C)C)cc(c3nc2cc1OC/C=C(\C)CCC[C@H](C)CCC[C@H](C)CCCC(C)C)c6c45)CCC[C@H](C)CCC[C@H](C)CCCC(C)C. The van der Waals surface area contributed by atoms with Crippen molar-refractivity contribution in [1.82, 2.24) is 19.9 Å². The summed E-state index contributed by atoms with van der Waals surface area (Å²) in [7, 11) is 0. The lowest BCUT2D eigenvalue weighted by Gasteiger charge is -2.25. The lowest BCUT2D eigenvalue weighted by Crippen LogP contribution is -2.12. The molecule has 0 unspecified atom stereocenters. The van der Waals surface area contributed by atoms with Crippen molar-refractivity contribution in [2.45, 2.75) is 422 Å². The molecule has 0 fully saturated rings. The molecular weight excluding hydrogens is 1510 g/mol. The van der Waals surface area contributed by atoms with Crippen LogP contribution in [0.2, 0.25) is 0 Å². The van der Waals surface area contributed by atoms with Gasteiger partial charge in [-0.25, -0.2) is 19.9 Å². The highest BCUT2D eigenvalue weighted by atomic mass is 16.5. The van der Waals surface area contributed by atoms with E-state index in [0.717, 1.165) is 173 Å². The standard InChI is InChI=1S/C116H182N4O4/c1-79(2)39-27-43-83(9)47-31-51-87(13)55-35-59-91(17)63-67-121-105-75-101-102(76-106(105)122-68-64-92(18)60-36-56-88(14)52-32-48-84(10)44-28-40-80(3)4)118-112-98-72-96(116(24,25)26)74-100-110(98)109-97(111(112)117-101)71-95(115(21,22)23)73-99(109)113-114(100)120-104-78-108(124-70-66-94(20)62-38-58-90(16)54-34-50-86(12)46-30-42-82(7)8)107(77-103(104)119-113)123-69-65-93(19)61-37-57-89(15)53-33-49-85(11)45-29-41-81(5)6/h63-66,71-90H,27-62,67-70H2,1-26H3/b91-63+,92-64+,93-65+,94-66+/t83-,84-,85-,86-,87-,88-,89-,90-/m1/s1. The van der Waals surface area contributed by atoms with E-state index in [2.05, 4.69) is 253 Å². The van der Waals surface area contributed by atoms with Gasteiger partial charge in [-0.3, -0.25) is 0 Å². The van der Waals surface area contributed by atoms with E-state index in [9.17, 15) is 0 Å². The van der Waals surface area contributed by atoms with Crippen LogP contribution in [0.15, 0.2) is 95.1 Å². The van der Waals surface area contributed by atoms with E-state index in [4.69, 9.17) is 38.9 Å². The van der Waals surface area contributed by atoms with Crippen LogP contribution in [0, 0.1) is 71.0 Å². The monoisotopic (exact) mass is 1700 g/mol. The Bertz CT molecular complexity index is 4070. The number of benzene rings is 6. The Kier molecular flexibility index (Phi) is 43.1. The minimum Gasteiger partial charge on any atom is -0.486 e. The highest BCUT2D eigenvalue weighted by Crippen LogP contribution is 2.49. The second-order valence-electron chi connectivity index (χ2n) is 44.7. The Morgan fingerprint density at radius 1 is 0.250 bits per heavy atom. The Morgan fingerprint density at radius 3 is 0.589 bits per heavy atom. The quantitative estimate of drug-likeness (QED) is 0.0212. The maximum Gasteiger partial charge on any atom is 0.163 e. The molecule has 0 aliphatic rings.